The van der Waals surface area contributed by atoms with Crippen LogP contribution in [0.25, 0.3) is 0 Å². The lowest BCUT2D eigenvalue weighted by Gasteiger charge is -2.15. The topological polar surface area (TPSA) is 43.4 Å². The third-order valence-electron chi connectivity index (χ3n) is 3.88. The number of hydrogen-bond acceptors (Lipinski definition) is 4. The number of Topliss-reactive ketones (excluding diaryl/α,β-unsaturated/α-hetero) is 1. The van der Waals surface area contributed by atoms with E-state index in [9.17, 15) is 9.59 Å². The standard InChI is InChI=1S/C20H22O3S/c1-2-3-13-23-19(21)12-11-15-9-10-17(14-18(15)24)20(22)16-7-5-4-6-8-16/h4-10H,2-3,11-14H2,1H3. The summed E-state index contributed by atoms with van der Waals surface area (Å²) in [5.74, 6) is -0.186. The highest BCUT2D eigenvalue weighted by molar-refractivity contribution is 7.80. The molecule has 126 valence electrons. The Morgan fingerprint density at radius 3 is 2.58 bits per heavy atom. The summed E-state index contributed by atoms with van der Waals surface area (Å²) < 4.78 is 5.15. The number of carbonyl (C=O) groups excluding carboxylic acids is 2. The number of thiocarbonyl (C=S) groups is 1. The molecule has 0 unspecified atom stereocenters. The van der Waals surface area contributed by atoms with Crippen LogP contribution in [0.4, 0.5) is 0 Å². The minimum atomic E-state index is -0.192. The van der Waals surface area contributed by atoms with Gasteiger partial charge in [-0.15, -0.1) is 0 Å². The first-order valence-electron chi connectivity index (χ1n) is 8.30. The number of esters is 1. The SMILES string of the molecule is CCCCOC(=O)CCC1=CC=C(C(=O)c2ccccc2)CC1=S. The van der Waals surface area contributed by atoms with Gasteiger partial charge >= 0.3 is 5.97 Å². The summed E-state index contributed by atoms with van der Waals surface area (Å²) >= 11 is 5.42. The molecule has 0 bridgehead atoms. The maximum absolute atomic E-state index is 12.4. The second-order valence-electron chi connectivity index (χ2n) is 5.75. The van der Waals surface area contributed by atoms with Crippen molar-refractivity contribution in [3.8, 4) is 0 Å². The highest BCUT2D eigenvalue weighted by Gasteiger charge is 2.19. The minimum Gasteiger partial charge on any atom is -0.466 e. The van der Waals surface area contributed by atoms with E-state index < -0.39 is 0 Å². The van der Waals surface area contributed by atoms with Crippen LogP contribution in [-0.4, -0.2) is 23.2 Å². The molecule has 0 heterocycles. The maximum atomic E-state index is 12.4. The van der Waals surface area contributed by atoms with Gasteiger partial charge in [0, 0.05) is 28.8 Å². The van der Waals surface area contributed by atoms with Crippen molar-refractivity contribution < 1.29 is 14.3 Å². The number of ketones is 1. The van der Waals surface area contributed by atoms with Crippen LogP contribution in [0.1, 0.15) is 49.4 Å². The van der Waals surface area contributed by atoms with Gasteiger partial charge in [0.1, 0.15) is 0 Å². The summed E-state index contributed by atoms with van der Waals surface area (Å²) in [5.41, 5.74) is 2.31. The van der Waals surface area contributed by atoms with E-state index in [1.807, 2.05) is 30.4 Å². The molecule has 0 aromatic heterocycles. The fourth-order valence-electron chi connectivity index (χ4n) is 2.43. The summed E-state index contributed by atoms with van der Waals surface area (Å²) in [5, 5.41) is 0. The molecule has 0 atom stereocenters. The number of carbonyl (C=O) groups is 2. The summed E-state index contributed by atoms with van der Waals surface area (Å²) in [7, 11) is 0. The van der Waals surface area contributed by atoms with Gasteiger partial charge in [-0.3, -0.25) is 9.59 Å². The predicted molar refractivity (Wildman–Crippen MR) is 99.3 cm³/mol. The van der Waals surface area contributed by atoms with E-state index in [0.29, 0.717) is 37.0 Å². The number of rotatable bonds is 8. The Kier molecular flexibility index (Phi) is 7.07. The zero-order valence-electron chi connectivity index (χ0n) is 13.9. The molecule has 1 aromatic rings. The Labute approximate surface area is 148 Å². The van der Waals surface area contributed by atoms with Gasteiger partial charge in [0.15, 0.2) is 5.78 Å². The molecule has 0 spiro atoms. The zero-order valence-corrected chi connectivity index (χ0v) is 14.7. The largest absolute Gasteiger partial charge is 0.466 e. The van der Waals surface area contributed by atoms with Crippen LogP contribution in [-0.2, 0) is 9.53 Å². The average Bonchev–Trinajstić information content (AvgIpc) is 2.61. The Morgan fingerprint density at radius 1 is 1.17 bits per heavy atom. The van der Waals surface area contributed by atoms with Crippen LogP contribution in [0.5, 0.6) is 0 Å². The second kappa shape index (κ2) is 9.28. The molecule has 1 aliphatic carbocycles. The molecule has 0 N–H and O–H groups in total. The molecular formula is C20H22O3S. The fraction of sp³-hybridized carbons (Fsp3) is 0.350. The molecule has 0 saturated heterocycles. The number of unbranched alkanes of at least 4 members (excludes halogenated alkanes) is 1. The molecule has 0 fully saturated rings. The van der Waals surface area contributed by atoms with Crippen molar-refractivity contribution in [1.29, 1.82) is 0 Å². The van der Waals surface area contributed by atoms with Crippen LogP contribution in [0.15, 0.2) is 53.6 Å². The molecule has 0 amide bonds. The highest BCUT2D eigenvalue weighted by Crippen LogP contribution is 2.23. The van der Waals surface area contributed by atoms with Crippen molar-refractivity contribution in [3.05, 3.63) is 59.2 Å². The predicted octanol–water partition coefficient (Wildman–Crippen LogP) is 4.62. The van der Waals surface area contributed by atoms with E-state index in [2.05, 4.69) is 6.92 Å². The Balaban J connectivity index is 1.93. The van der Waals surface area contributed by atoms with Crippen LogP contribution in [0.3, 0.4) is 0 Å². The van der Waals surface area contributed by atoms with Gasteiger partial charge in [-0.05, 0) is 18.4 Å². The summed E-state index contributed by atoms with van der Waals surface area (Å²) in [6, 6.07) is 9.19. The minimum absolute atomic E-state index is 0.00669. The Bertz CT molecular complexity index is 671. The van der Waals surface area contributed by atoms with Crippen molar-refractivity contribution in [2.24, 2.45) is 0 Å². The molecule has 3 nitrogen and oxygen atoms in total. The average molecular weight is 342 g/mol. The highest BCUT2D eigenvalue weighted by atomic mass is 32.1. The van der Waals surface area contributed by atoms with E-state index in [0.717, 1.165) is 23.3 Å². The van der Waals surface area contributed by atoms with E-state index in [4.69, 9.17) is 17.0 Å². The molecule has 1 aliphatic rings. The van der Waals surface area contributed by atoms with Crippen LogP contribution >= 0.6 is 12.2 Å². The van der Waals surface area contributed by atoms with Gasteiger partial charge in [0.05, 0.1) is 6.61 Å². The molecule has 1 aromatic carbocycles. The smallest absolute Gasteiger partial charge is 0.306 e. The summed E-state index contributed by atoms with van der Waals surface area (Å²) in [6.45, 7) is 2.54. The molecule has 24 heavy (non-hydrogen) atoms. The lowest BCUT2D eigenvalue weighted by atomic mass is 9.91. The van der Waals surface area contributed by atoms with Crippen LogP contribution < -0.4 is 0 Å². The van der Waals surface area contributed by atoms with Crippen molar-refractivity contribution in [2.75, 3.05) is 6.61 Å². The lowest BCUT2D eigenvalue weighted by Crippen LogP contribution is -2.14. The normalized spacial score (nSPS) is 14.0. The quantitative estimate of drug-likeness (QED) is 0.299. The number of benzene rings is 1. The van der Waals surface area contributed by atoms with Gasteiger partial charge < -0.3 is 4.74 Å². The van der Waals surface area contributed by atoms with Gasteiger partial charge in [-0.1, -0.05) is 68.0 Å². The third kappa shape index (κ3) is 5.24. The molecule has 0 saturated carbocycles. The van der Waals surface area contributed by atoms with Gasteiger partial charge in [-0.2, -0.15) is 0 Å². The summed E-state index contributed by atoms with van der Waals surface area (Å²) in [4.78, 5) is 24.8. The fourth-order valence-corrected chi connectivity index (χ4v) is 2.76. The van der Waals surface area contributed by atoms with E-state index in [-0.39, 0.29) is 11.8 Å². The van der Waals surface area contributed by atoms with Crippen LogP contribution in [0, 0.1) is 0 Å². The first-order valence-corrected chi connectivity index (χ1v) is 8.71. The van der Waals surface area contributed by atoms with Crippen LogP contribution in [0.2, 0.25) is 0 Å². The molecule has 0 radical (unpaired) electrons. The van der Waals surface area contributed by atoms with Gasteiger partial charge in [0.25, 0.3) is 0 Å². The molecule has 0 aliphatic heterocycles. The van der Waals surface area contributed by atoms with E-state index in [1.54, 1.807) is 12.1 Å². The number of ether oxygens (including phenoxy) is 1. The van der Waals surface area contributed by atoms with E-state index >= 15 is 0 Å². The Hall–Kier alpha value is -2.07. The van der Waals surface area contributed by atoms with Gasteiger partial charge in [-0.25, -0.2) is 0 Å². The molecule has 4 heteroatoms. The number of hydrogen-bond donors (Lipinski definition) is 0. The zero-order chi connectivity index (χ0) is 17.4. The second-order valence-corrected chi connectivity index (χ2v) is 6.25. The maximum Gasteiger partial charge on any atom is 0.306 e. The van der Waals surface area contributed by atoms with Crippen molar-refractivity contribution in [3.63, 3.8) is 0 Å². The van der Waals surface area contributed by atoms with Crippen molar-refractivity contribution >= 4 is 28.8 Å². The third-order valence-corrected chi connectivity index (χ3v) is 4.29. The lowest BCUT2D eigenvalue weighted by molar-refractivity contribution is -0.143. The molecular weight excluding hydrogens is 320 g/mol. The first kappa shape index (κ1) is 18.3. The van der Waals surface area contributed by atoms with Gasteiger partial charge in [0.2, 0.25) is 0 Å². The summed E-state index contributed by atoms with van der Waals surface area (Å²) in [6.07, 6.45) is 6.93. The van der Waals surface area contributed by atoms with Crippen molar-refractivity contribution in [1.82, 2.24) is 0 Å². The Morgan fingerprint density at radius 2 is 1.92 bits per heavy atom. The van der Waals surface area contributed by atoms with Crippen molar-refractivity contribution in [2.45, 2.75) is 39.0 Å². The monoisotopic (exact) mass is 342 g/mol. The van der Waals surface area contributed by atoms with E-state index in [1.165, 1.54) is 0 Å². The number of allylic oxidation sites excluding steroid dienone is 4. The first-order chi connectivity index (χ1) is 11.6. The molecule has 2 rings (SSSR count).